The van der Waals surface area contributed by atoms with Gasteiger partial charge < -0.3 is 20.6 Å². The smallest absolute Gasteiger partial charge is 0.226 e. The van der Waals surface area contributed by atoms with Crippen LogP contribution >= 0.6 is 0 Å². The number of halogens is 1. The average molecular weight is 346 g/mol. The summed E-state index contributed by atoms with van der Waals surface area (Å²) < 4.78 is 13.1. The molecule has 25 heavy (non-hydrogen) atoms. The van der Waals surface area contributed by atoms with E-state index in [1.165, 1.54) is 12.1 Å². The van der Waals surface area contributed by atoms with Crippen molar-refractivity contribution in [1.29, 1.82) is 0 Å². The van der Waals surface area contributed by atoms with Crippen molar-refractivity contribution < 1.29 is 14.3 Å². The lowest BCUT2D eigenvalue weighted by Gasteiger charge is -2.19. The van der Waals surface area contributed by atoms with Crippen LogP contribution in [0.1, 0.15) is 13.3 Å². The van der Waals surface area contributed by atoms with Gasteiger partial charge in [-0.3, -0.25) is 4.79 Å². The van der Waals surface area contributed by atoms with Crippen molar-refractivity contribution in [2.75, 3.05) is 35.7 Å². The second kappa shape index (κ2) is 8.98. The second-order valence-corrected chi connectivity index (χ2v) is 5.85. The zero-order valence-corrected chi connectivity index (χ0v) is 14.4. The summed E-state index contributed by atoms with van der Waals surface area (Å²) in [5.74, 6) is 0.0662. The summed E-state index contributed by atoms with van der Waals surface area (Å²) in [5, 5.41) is 14.8. The van der Waals surface area contributed by atoms with Crippen molar-refractivity contribution in [2.45, 2.75) is 19.4 Å². The van der Waals surface area contributed by atoms with Crippen molar-refractivity contribution in [3.63, 3.8) is 0 Å². The van der Waals surface area contributed by atoms with Crippen LogP contribution in [0.2, 0.25) is 0 Å². The molecular formula is C18H23FN4O2. The Hall–Kier alpha value is -2.67. The Morgan fingerprint density at radius 1 is 1.36 bits per heavy atom. The van der Waals surface area contributed by atoms with E-state index in [0.29, 0.717) is 18.1 Å². The summed E-state index contributed by atoms with van der Waals surface area (Å²) in [7, 11) is 1.87. The number of pyridine rings is 1. The topological polar surface area (TPSA) is 77.5 Å². The maximum absolute atomic E-state index is 13.1. The number of aromatic nitrogens is 1. The Bertz CT molecular complexity index is 694. The number of carbonyl (C=O) groups is 1. The Morgan fingerprint density at radius 3 is 2.80 bits per heavy atom. The van der Waals surface area contributed by atoms with Crippen molar-refractivity contribution in [2.24, 2.45) is 0 Å². The third kappa shape index (κ3) is 6.04. The molecule has 0 bridgehead atoms. The van der Waals surface area contributed by atoms with Crippen LogP contribution in [0.25, 0.3) is 0 Å². The van der Waals surface area contributed by atoms with Crippen LogP contribution < -0.4 is 15.5 Å². The molecule has 7 heteroatoms. The molecule has 1 heterocycles. The highest BCUT2D eigenvalue weighted by Gasteiger charge is 2.10. The Kier molecular flexibility index (Phi) is 6.71. The van der Waals surface area contributed by atoms with Crippen LogP contribution in [-0.2, 0) is 4.79 Å². The molecule has 1 atom stereocenters. The molecule has 134 valence electrons. The number of aliphatic hydroxyl groups is 1. The van der Waals surface area contributed by atoms with Gasteiger partial charge in [0.15, 0.2) is 0 Å². The lowest BCUT2D eigenvalue weighted by Crippen LogP contribution is -2.24. The first-order chi connectivity index (χ1) is 12.0. The van der Waals surface area contributed by atoms with Gasteiger partial charge in [-0.15, -0.1) is 0 Å². The van der Waals surface area contributed by atoms with Crippen molar-refractivity contribution in [1.82, 2.24) is 4.98 Å². The number of likely N-dealkylation sites (N-methyl/N-ethyl adjacent to an activating group) is 1. The van der Waals surface area contributed by atoms with Gasteiger partial charge in [-0.2, -0.15) is 0 Å². The van der Waals surface area contributed by atoms with Crippen LogP contribution in [0, 0.1) is 5.82 Å². The first kappa shape index (κ1) is 18.7. The van der Waals surface area contributed by atoms with E-state index >= 15 is 0 Å². The van der Waals surface area contributed by atoms with Gasteiger partial charge >= 0.3 is 0 Å². The van der Waals surface area contributed by atoms with Crippen LogP contribution in [0.15, 0.2) is 42.6 Å². The van der Waals surface area contributed by atoms with Crippen molar-refractivity contribution in [3.05, 3.63) is 48.4 Å². The third-order valence-corrected chi connectivity index (χ3v) is 3.62. The Balaban J connectivity index is 1.85. The summed E-state index contributed by atoms with van der Waals surface area (Å²) in [6.45, 7) is 2.48. The molecule has 0 aliphatic rings. The van der Waals surface area contributed by atoms with E-state index in [4.69, 9.17) is 5.11 Å². The highest BCUT2D eigenvalue weighted by Crippen LogP contribution is 2.15. The number of rotatable bonds is 8. The second-order valence-electron chi connectivity index (χ2n) is 5.85. The van der Waals surface area contributed by atoms with E-state index in [1.807, 2.05) is 31.0 Å². The van der Waals surface area contributed by atoms with Gasteiger partial charge in [0, 0.05) is 31.7 Å². The molecule has 3 N–H and O–H groups in total. The van der Waals surface area contributed by atoms with E-state index in [-0.39, 0.29) is 30.8 Å². The molecule has 0 aliphatic heterocycles. The minimum atomic E-state index is -0.389. The zero-order chi connectivity index (χ0) is 18.2. The number of aliphatic hydroxyl groups excluding tert-OH is 1. The van der Waals surface area contributed by atoms with Crippen molar-refractivity contribution in [3.8, 4) is 0 Å². The molecule has 0 saturated carbocycles. The highest BCUT2D eigenvalue weighted by molar-refractivity contribution is 5.91. The van der Waals surface area contributed by atoms with E-state index in [0.717, 1.165) is 5.69 Å². The molecule has 0 radical (unpaired) electrons. The molecule has 1 aromatic heterocycles. The monoisotopic (exact) mass is 346 g/mol. The maximum atomic E-state index is 13.1. The molecule has 1 amide bonds. The SMILES string of the molecule is CC(CC(=O)Nc1cccc(F)c1)Nc1ccc(N(C)CCO)cn1. The first-order valence-electron chi connectivity index (χ1n) is 8.08. The largest absolute Gasteiger partial charge is 0.395 e. The molecule has 0 saturated heterocycles. The zero-order valence-electron chi connectivity index (χ0n) is 14.4. The fourth-order valence-electron chi connectivity index (χ4n) is 2.34. The third-order valence-electron chi connectivity index (χ3n) is 3.62. The number of hydrogen-bond donors (Lipinski definition) is 3. The standard InChI is InChI=1S/C18H23FN4O2/c1-13(10-18(25)22-15-5-3-4-14(19)11-15)21-17-7-6-16(12-20-17)23(2)8-9-24/h3-7,11-13,24H,8-10H2,1-2H3,(H,20,21)(H,22,25). The average Bonchev–Trinajstić information content (AvgIpc) is 2.55. The molecular weight excluding hydrogens is 323 g/mol. The number of nitrogens with zero attached hydrogens (tertiary/aromatic N) is 2. The Morgan fingerprint density at radius 2 is 2.16 bits per heavy atom. The number of anilines is 3. The fourth-order valence-corrected chi connectivity index (χ4v) is 2.34. The summed E-state index contributed by atoms with van der Waals surface area (Å²) in [5.41, 5.74) is 1.34. The first-order valence-corrected chi connectivity index (χ1v) is 8.08. The number of nitrogens with one attached hydrogen (secondary N) is 2. The highest BCUT2D eigenvalue weighted by atomic mass is 19.1. The van der Waals surface area contributed by atoms with Gasteiger partial charge in [0.1, 0.15) is 11.6 Å². The summed E-state index contributed by atoms with van der Waals surface area (Å²) in [6, 6.07) is 9.37. The van der Waals surface area contributed by atoms with Gasteiger partial charge in [0.05, 0.1) is 18.5 Å². The molecule has 1 aromatic carbocycles. The maximum Gasteiger partial charge on any atom is 0.226 e. The molecule has 0 fully saturated rings. The lowest BCUT2D eigenvalue weighted by molar-refractivity contribution is -0.116. The lowest BCUT2D eigenvalue weighted by atomic mass is 10.2. The molecule has 2 rings (SSSR count). The van der Waals surface area contributed by atoms with Crippen LogP contribution in [-0.4, -0.2) is 42.2 Å². The number of benzene rings is 1. The summed E-state index contributed by atoms with van der Waals surface area (Å²) in [6.07, 6.45) is 1.93. The van der Waals surface area contributed by atoms with Crippen LogP contribution in [0.4, 0.5) is 21.6 Å². The molecule has 0 spiro atoms. The predicted octanol–water partition coefficient (Wildman–Crippen LogP) is 2.48. The molecule has 2 aromatic rings. The normalized spacial score (nSPS) is 11.7. The summed E-state index contributed by atoms with van der Waals surface area (Å²) >= 11 is 0. The minimum Gasteiger partial charge on any atom is -0.395 e. The summed E-state index contributed by atoms with van der Waals surface area (Å²) in [4.78, 5) is 18.2. The van der Waals surface area contributed by atoms with Gasteiger partial charge in [0.25, 0.3) is 0 Å². The number of hydrogen-bond acceptors (Lipinski definition) is 5. The van der Waals surface area contributed by atoms with E-state index in [9.17, 15) is 9.18 Å². The van der Waals surface area contributed by atoms with E-state index < -0.39 is 0 Å². The quantitative estimate of drug-likeness (QED) is 0.684. The van der Waals surface area contributed by atoms with Gasteiger partial charge in [-0.05, 0) is 37.3 Å². The minimum absolute atomic E-state index is 0.0773. The molecule has 6 nitrogen and oxygen atoms in total. The number of carbonyl (C=O) groups excluding carboxylic acids is 1. The molecule has 0 aliphatic carbocycles. The van der Waals surface area contributed by atoms with Crippen LogP contribution in [0.5, 0.6) is 0 Å². The van der Waals surface area contributed by atoms with Crippen molar-refractivity contribution >= 4 is 23.1 Å². The Labute approximate surface area is 146 Å². The van der Waals surface area contributed by atoms with E-state index in [2.05, 4.69) is 15.6 Å². The van der Waals surface area contributed by atoms with Gasteiger partial charge in [0.2, 0.25) is 5.91 Å². The van der Waals surface area contributed by atoms with Gasteiger partial charge in [-0.25, -0.2) is 9.37 Å². The van der Waals surface area contributed by atoms with E-state index in [1.54, 1.807) is 18.3 Å². The number of amides is 1. The molecule has 1 unspecified atom stereocenters. The van der Waals surface area contributed by atoms with Crippen LogP contribution in [0.3, 0.4) is 0 Å². The predicted molar refractivity (Wildman–Crippen MR) is 97.3 cm³/mol. The fraction of sp³-hybridized carbons (Fsp3) is 0.333. The van der Waals surface area contributed by atoms with Gasteiger partial charge in [-0.1, -0.05) is 6.07 Å².